The average molecular weight is 284 g/mol. The molecule has 21 heavy (non-hydrogen) atoms. The van der Waals surface area contributed by atoms with Gasteiger partial charge in [-0.2, -0.15) is 5.26 Å². The Balaban J connectivity index is 2.07. The molecule has 1 aliphatic rings. The number of hydrogen-bond acceptors (Lipinski definition) is 2. The van der Waals surface area contributed by atoms with Crippen LogP contribution in [0.5, 0.6) is 0 Å². The van der Waals surface area contributed by atoms with Gasteiger partial charge in [0.15, 0.2) is 0 Å². The Labute approximate surface area is 127 Å². The van der Waals surface area contributed by atoms with E-state index >= 15 is 0 Å². The van der Waals surface area contributed by atoms with Crippen LogP contribution in [0.3, 0.4) is 0 Å². The van der Waals surface area contributed by atoms with Crippen molar-refractivity contribution in [1.29, 1.82) is 5.26 Å². The van der Waals surface area contributed by atoms with Gasteiger partial charge in [-0.1, -0.05) is 30.7 Å². The summed E-state index contributed by atoms with van der Waals surface area (Å²) in [6.07, 6.45) is 2.62. The van der Waals surface area contributed by atoms with Crippen molar-refractivity contribution < 1.29 is 4.79 Å². The monoisotopic (exact) mass is 284 g/mol. The molecule has 0 saturated carbocycles. The molecule has 112 valence electrons. The minimum Gasteiger partial charge on any atom is -0.342 e. The SMILES string of the molecule is Cc1ccc(C)c(CC(C#N)C(=O)N2CCC(C)CC2)c1. The second-order valence-corrected chi connectivity index (χ2v) is 6.32. The second-order valence-electron chi connectivity index (χ2n) is 6.32. The van der Waals surface area contributed by atoms with Crippen LogP contribution in [-0.4, -0.2) is 23.9 Å². The van der Waals surface area contributed by atoms with E-state index in [1.807, 2.05) is 18.7 Å². The third-order valence-corrected chi connectivity index (χ3v) is 4.48. The van der Waals surface area contributed by atoms with Crippen molar-refractivity contribution >= 4 is 5.91 Å². The Morgan fingerprint density at radius 3 is 2.67 bits per heavy atom. The molecule has 0 aromatic heterocycles. The van der Waals surface area contributed by atoms with Crippen molar-refractivity contribution in [2.75, 3.05) is 13.1 Å². The number of benzene rings is 1. The van der Waals surface area contributed by atoms with E-state index in [2.05, 4.69) is 31.2 Å². The van der Waals surface area contributed by atoms with Crippen LogP contribution < -0.4 is 0 Å². The first kappa shape index (κ1) is 15.6. The number of piperidine rings is 1. The third-order valence-electron chi connectivity index (χ3n) is 4.48. The number of hydrogen-bond donors (Lipinski definition) is 0. The molecule has 3 nitrogen and oxygen atoms in total. The van der Waals surface area contributed by atoms with Gasteiger partial charge in [0, 0.05) is 13.1 Å². The van der Waals surface area contributed by atoms with Crippen molar-refractivity contribution in [3.63, 3.8) is 0 Å². The highest BCUT2D eigenvalue weighted by Gasteiger charge is 2.27. The van der Waals surface area contributed by atoms with Gasteiger partial charge in [-0.15, -0.1) is 0 Å². The number of likely N-dealkylation sites (tertiary alicyclic amines) is 1. The number of rotatable bonds is 3. The lowest BCUT2D eigenvalue weighted by Crippen LogP contribution is -2.41. The summed E-state index contributed by atoms with van der Waals surface area (Å²) >= 11 is 0. The Morgan fingerprint density at radius 2 is 2.05 bits per heavy atom. The summed E-state index contributed by atoms with van der Waals surface area (Å²) in [6.45, 7) is 7.89. The van der Waals surface area contributed by atoms with E-state index < -0.39 is 5.92 Å². The van der Waals surface area contributed by atoms with Gasteiger partial charge in [0.1, 0.15) is 5.92 Å². The summed E-state index contributed by atoms with van der Waals surface area (Å²) in [5.74, 6) is 0.137. The van der Waals surface area contributed by atoms with Gasteiger partial charge in [-0.05, 0) is 50.2 Å². The quantitative estimate of drug-likeness (QED) is 0.855. The summed E-state index contributed by atoms with van der Waals surface area (Å²) < 4.78 is 0. The molecule has 0 aliphatic carbocycles. The van der Waals surface area contributed by atoms with Crippen molar-refractivity contribution in [2.45, 2.75) is 40.0 Å². The molecule has 0 radical (unpaired) electrons. The molecule has 2 rings (SSSR count). The fourth-order valence-corrected chi connectivity index (χ4v) is 2.88. The number of nitriles is 1. The fraction of sp³-hybridized carbons (Fsp3) is 0.556. The highest BCUT2D eigenvalue weighted by atomic mass is 16.2. The molecule has 1 atom stereocenters. The molecular weight excluding hydrogens is 260 g/mol. The molecule has 1 fully saturated rings. The topological polar surface area (TPSA) is 44.1 Å². The third kappa shape index (κ3) is 3.85. The summed E-state index contributed by atoms with van der Waals surface area (Å²) in [6, 6.07) is 8.43. The van der Waals surface area contributed by atoms with Crippen molar-refractivity contribution in [1.82, 2.24) is 4.90 Å². The summed E-state index contributed by atoms with van der Waals surface area (Å²) in [4.78, 5) is 14.4. The van der Waals surface area contributed by atoms with Gasteiger partial charge >= 0.3 is 0 Å². The van der Waals surface area contributed by atoms with E-state index in [-0.39, 0.29) is 5.91 Å². The van der Waals surface area contributed by atoms with E-state index in [1.165, 1.54) is 5.56 Å². The lowest BCUT2D eigenvalue weighted by Gasteiger charge is -2.31. The second kappa shape index (κ2) is 6.76. The minimum absolute atomic E-state index is 0.00491. The van der Waals surface area contributed by atoms with Crippen molar-refractivity contribution in [2.24, 2.45) is 11.8 Å². The van der Waals surface area contributed by atoms with Crippen LogP contribution in [-0.2, 0) is 11.2 Å². The fourth-order valence-electron chi connectivity index (χ4n) is 2.88. The van der Waals surface area contributed by atoms with Crippen LogP contribution >= 0.6 is 0 Å². The van der Waals surface area contributed by atoms with Crippen LogP contribution in [0.2, 0.25) is 0 Å². The van der Waals surface area contributed by atoms with E-state index in [0.29, 0.717) is 12.3 Å². The minimum atomic E-state index is -0.557. The molecule has 0 bridgehead atoms. The Bertz CT molecular complexity index is 551. The summed E-state index contributed by atoms with van der Waals surface area (Å²) in [7, 11) is 0. The zero-order chi connectivity index (χ0) is 15.4. The first-order valence-corrected chi connectivity index (χ1v) is 7.75. The smallest absolute Gasteiger partial charge is 0.240 e. The van der Waals surface area contributed by atoms with Crippen LogP contribution in [0.25, 0.3) is 0 Å². The molecular formula is C18H24N2O. The number of amides is 1. The van der Waals surface area contributed by atoms with Gasteiger partial charge in [-0.3, -0.25) is 4.79 Å². The normalized spacial score (nSPS) is 17.3. The van der Waals surface area contributed by atoms with Gasteiger partial charge in [0.25, 0.3) is 0 Å². The summed E-state index contributed by atoms with van der Waals surface area (Å²) in [5.41, 5.74) is 3.44. The predicted molar refractivity (Wildman–Crippen MR) is 83.7 cm³/mol. The number of carbonyl (C=O) groups excluding carboxylic acids is 1. The van der Waals surface area contributed by atoms with Crippen molar-refractivity contribution in [3.8, 4) is 6.07 Å². The van der Waals surface area contributed by atoms with Gasteiger partial charge in [-0.25, -0.2) is 0 Å². The maximum Gasteiger partial charge on any atom is 0.240 e. The maximum atomic E-state index is 12.5. The highest BCUT2D eigenvalue weighted by molar-refractivity contribution is 5.81. The van der Waals surface area contributed by atoms with Crippen LogP contribution in [0.4, 0.5) is 0 Å². The molecule has 1 unspecified atom stereocenters. The molecule has 1 heterocycles. The largest absolute Gasteiger partial charge is 0.342 e. The first-order valence-electron chi connectivity index (χ1n) is 7.75. The maximum absolute atomic E-state index is 12.5. The zero-order valence-corrected chi connectivity index (χ0v) is 13.2. The van der Waals surface area contributed by atoms with E-state index in [0.717, 1.165) is 37.1 Å². The highest BCUT2D eigenvalue weighted by Crippen LogP contribution is 2.21. The lowest BCUT2D eigenvalue weighted by atomic mass is 9.93. The van der Waals surface area contributed by atoms with Gasteiger partial charge in [0.05, 0.1) is 6.07 Å². The van der Waals surface area contributed by atoms with Gasteiger partial charge < -0.3 is 4.90 Å². The van der Waals surface area contributed by atoms with E-state index in [4.69, 9.17) is 0 Å². The molecule has 0 N–H and O–H groups in total. The number of aryl methyl sites for hydroxylation is 2. The molecule has 1 saturated heterocycles. The Kier molecular flexibility index (Phi) is 5.01. The molecule has 1 aliphatic heterocycles. The Morgan fingerprint density at radius 1 is 1.38 bits per heavy atom. The molecule has 1 aromatic carbocycles. The van der Waals surface area contributed by atoms with Crippen LogP contribution in [0.15, 0.2) is 18.2 Å². The van der Waals surface area contributed by atoms with Gasteiger partial charge in [0.2, 0.25) is 5.91 Å². The predicted octanol–water partition coefficient (Wildman–Crippen LogP) is 3.24. The summed E-state index contributed by atoms with van der Waals surface area (Å²) in [5, 5.41) is 9.40. The molecule has 0 spiro atoms. The van der Waals surface area contributed by atoms with E-state index in [1.54, 1.807) is 0 Å². The lowest BCUT2D eigenvalue weighted by molar-refractivity contribution is -0.135. The van der Waals surface area contributed by atoms with Crippen molar-refractivity contribution in [3.05, 3.63) is 34.9 Å². The number of nitrogens with zero attached hydrogens (tertiary/aromatic N) is 2. The van der Waals surface area contributed by atoms with Crippen LogP contribution in [0.1, 0.15) is 36.5 Å². The first-order chi connectivity index (χ1) is 10.0. The standard InChI is InChI=1S/C18H24N2O/c1-13-6-8-20(9-7-13)18(21)17(12-19)11-16-10-14(2)4-5-15(16)3/h4-5,10,13,17H,6-9,11H2,1-3H3. The molecule has 1 aromatic rings. The molecule has 1 amide bonds. The molecule has 3 heteroatoms. The van der Waals surface area contributed by atoms with Crippen LogP contribution in [0, 0.1) is 37.0 Å². The zero-order valence-electron chi connectivity index (χ0n) is 13.2. The average Bonchev–Trinajstić information content (AvgIpc) is 2.48. The number of carbonyl (C=O) groups is 1. The van der Waals surface area contributed by atoms with E-state index in [9.17, 15) is 10.1 Å². The Hall–Kier alpha value is -1.82.